The molecule has 2 fully saturated rings. The van der Waals surface area contributed by atoms with E-state index in [-0.39, 0.29) is 5.91 Å². The van der Waals surface area contributed by atoms with Crippen molar-refractivity contribution in [3.05, 3.63) is 29.0 Å². The summed E-state index contributed by atoms with van der Waals surface area (Å²) in [6.45, 7) is 2.17. The second-order valence-electron chi connectivity index (χ2n) is 5.78. The highest BCUT2D eigenvalue weighted by molar-refractivity contribution is 6.29. The molecule has 1 saturated carbocycles. The number of nitrogens with zero attached hydrogens (tertiary/aromatic N) is 2. The summed E-state index contributed by atoms with van der Waals surface area (Å²) in [7, 11) is 0. The Morgan fingerprint density at radius 2 is 2.16 bits per heavy atom. The number of fused-ring (bicyclic) bond motifs is 1. The Kier molecular flexibility index (Phi) is 3.48. The van der Waals surface area contributed by atoms with Crippen LogP contribution in [0.3, 0.4) is 0 Å². The van der Waals surface area contributed by atoms with Crippen molar-refractivity contribution in [3.8, 4) is 0 Å². The molecule has 0 unspecified atom stereocenters. The van der Waals surface area contributed by atoms with Gasteiger partial charge in [-0.15, -0.1) is 0 Å². The van der Waals surface area contributed by atoms with Crippen molar-refractivity contribution in [1.82, 2.24) is 9.88 Å². The van der Waals surface area contributed by atoms with E-state index in [1.807, 2.05) is 0 Å². The Bertz CT molecular complexity index is 474. The molecule has 3 atom stereocenters. The summed E-state index contributed by atoms with van der Waals surface area (Å²) in [4.78, 5) is 18.8. The maximum absolute atomic E-state index is 12.7. The monoisotopic (exact) mass is 278 g/mol. The molecule has 1 aromatic rings. The first kappa shape index (κ1) is 12.9. The number of likely N-dealkylation sites (tertiary alicyclic amines) is 1. The standard InChI is InChI=1S/C15H19ClN2O/c1-10-8-11-4-2-3-5-13(11)18(10)15(19)12-6-7-14(16)17-9-12/h6-7,9-11,13H,2-5,8H2,1H3/t10-,11+,13+/m1/s1. The molecule has 0 bridgehead atoms. The molecule has 0 aromatic carbocycles. The average Bonchev–Trinajstić information content (AvgIpc) is 2.74. The van der Waals surface area contributed by atoms with Crippen LogP contribution in [0.25, 0.3) is 0 Å². The van der Waals surface area contributed by atoms with Crippen molar-refractivity contribution in [2.24, 2.45) is 5.92 Å². The fourth-order valence-electron chi connectivity index (χ4n) is 3.71. The lowest BCUT2D eigenvalue weighted by atomic mass is 9.85. The van der Waals surface area contributed by atoms with Gasteiger partial charge in [0.05, 0.1) is 5.56 Å². The number of amides is 1. The largest absolute Gasteiger partial charge is 0.333 e. The molecule has 0 radical (unpaired) electrons. The minimum Gasteiger partial charge on any atom is -0.333 e. The summed E-state index contributed by atoms with van der Waals surface area (Å²) in [5, 5.41) is 0.432. The molecule has 3 nitrogen and oxygen atoms in total. The van der Waals surface area contributed by atoms with Crippen molar-refractivity contribution < 1.29 is 4.79 Å². The number of carbonyl (C=O) groups is 1. The molecule has 2 aliphatic rings. The highest BCUT2D eigenvalue weighted by Gasteiger charge is 2.42. The Labute approximate surface area is 119 Å². The van der Waals surface area contributed by atoms with Crippen molar-refractivity contribution in [2.75, 3.05) is 0 Å². The summed E-state index contributed by atoms with van der Waals surface area (Å²) in [5.41, 5.74) is 0.655. The van der Waals surface area contributed by atoms with Crippen LogP contribution in [0.15, 0.2) is 18.3 Å². The second-order valence-corrected chi connectivity index (χ2v) is 6.17. The summed E-state index contributed by atoms with van der Waals surface area (Å²) in [5.74, 6) is 0.819. The average molecular weight is 279 g/mol. The summed E-state index contributed by atoms with van der Waals surface area (Å²) in [6.07, 6.45) is 7.74. The van der Waals surface area contributed by atoms with Crippen LogP contribution in [-0.2, 0) is 0 Å². The summed E-state index contributed by atoms with van der Waals surface area (Å²) >= 11 is 5.78. The Hall–Kier alpha value is -1.09. The number of pyridine rings is 1. The molecule has 102 valence electrons. The van der Waals surface area contributed by atoms with Gasteiger partial charge in [0.1, 0.15) is 5.15 Å². The first-order valence-electron chi connectivity index (χ1n) is 7.11. The van der Waals surface area contributed by atoms with Gasteiger partial charge < -0.3 is 4.90 Å². The SMILES string of the molecule is C[C@@H]1C[C@@H]2CCCC[C@@H]2N1C(=O)c1ccc(Cl)nc1. The molecular formula is C15H19ClN2O. The molecule has 0 N–H and O–H groups in total. The van der Waals surface area contributed by atoms with Crippen molar-refractivity contribution in [2.45, 2.75) is 51.1 Å². The van der Waals surface area contributed by atoms with Gasteiger partial charge in [0, 0.05) is 18.3 Å². The molecular weight excluding hydrogens is 260 g/mol. The van der Waals surface area contributed by atoms with Crippen molar-refractivity contribution in [3.63, 3.8) is 0 Å². The van der Waals surface area contributed by atoms with Crippen LogP contribution >= 0.6 is 11.6 Å². The van der Waals surface area contributed by atoms with Gasteiger partial charge in [-0.1, -0.05) is 24.4 Å². The summed E-state index contributed by atoms with van der Waals surface area (Å²) in [6, 6.07) is 4.25. The van der Waals surface area contributed by atoms with E-state index in [4.69, 9.17) is 11.6 Å². The molecule has 2 heterocycles. The van der Waals surface area contributed by atoms with E-state index < -0.39 is 0 Å². The number of hydrogen-bond acceptors (Lipinski definition) is 2. The zero-order valence-corrected chi connectivity index (χ0v) is 11.9. The maximum atomic E-state index is 12.7. The fraction of sp³-hybridized carbons (Fsp3) is 0.600. The lowest BCUT2D eigenvalue weighted by Crippen LogP contribution is -2.42. The van der Waals surface area contributed by atoms with E-state index in [0.29, 0.717) is 28.7 Å². The number of carbonyl (C=O) groups excluding carboxylic acids is 1. The first-order valence-corrected chi connectivity index (χ1v) is 7.49. The van der Waals surface area contributed by atoms with E-state index in [2.05, 4.69) is 16.8 Å². The van der Waals surface area contributed by atoms with E-state index in [1.165, 1.54) is 19.3 Å². The predicted molar refractivity (Wildman–Crippen MR) is 75.2 cm³/mol. The molecule has 1 aliphatic carbocycles. The normalized spacial score (nSPS) is 30.2. The minimum atomic E-state index is 0.117. The third-order valence-electron chi connectivity index (χ3n) is 4.55. The topological polar surface area (TPSA) is 33.2 Å². The Morgan fingerprint density at radius 3 is 2.89 bits per heavy atom. The van der Waals surface area contributed by atoms with Crippen molar-refractivity contribution >= 4 is 17.5 Å². The predicted octanol–water partition coefficient (Wildman–Crippen LogP) is 3.53. The summed E-state index contributed by atoms with van der Waals surface area (Å²) < 4.78 is 0. The number of aromatic nitrogens is 1. The van der Waals surface area contributed by atoms with Gasteiger partial charge in [-0.25, -0.2) is 4.98 Å². The van der Waals surface area contributed by atoms with E-state index in [9.17, 15) is 4.79 Å². The highest BCUT2D eigenvalue weighted by atomic mass is 35.5. The third-order valence-corrected chi connectivity index (χ3v) is 4.78. The number of rotatable bonds is 1. The van der Waals surface area contributed by atoms with E-state index in [0.717, 1.165) is 12.8 Å². The quantitative estimate of drug-likeness (QED) is 0.736. The molecule has 1 saturated heterocycles. The second kappa shape index (κ2) is 5.12. The molecule has 4 heteroatoms. The molecule has 1 aliphatic heterocycles. The van der Waals surface area contributed by atoms with Crippen LogP contribution < -0.4 is 0 Å². The van der Waals surface area contributed by atoms with Gasteiger partial charge in [-0.05, 0) is 44.2 Å². The van der Waals surface area contributed by atoms with Gasteiger partial charge in [-0.2, -0.15) is 0 Å². The Morgan fingerprint density at radius 1 is 1.37 bits per heavy atom. The van der Waals surface area contributed by atoms with Crippen LogP contribution in [-0.4, -0.2) is 27.9 Å². The van der Waals surface area contributed by atoms with Crippen molar-refractivity contribution in [1.29, 1.82) is 0 Å². The van der Waals surface area contributed by atoms with Crippen LogP contribution in [0, 0.1) is 5.92 Å². The van der Waals surface area contributed by atoms with Gasteiger partial charge in [0.2, 0.25) is 0 Å². The van der Waals surface area contributed by atoms with Crippen LogP contribution in [0.1, 0.15) is 49.4 Å². The zero-order chi connectivity index (χ0) is 13.4. The van der Waals surface area contributed by atoms with Gasteiger partial charge in [0.25, 0.3) is 5.91 Å². The van der Waals surface area contributed by atoms with Gasteiger partial charge >= 0.3 is 0 Å². The third kappa shape index (κ3) is 2.36. The molecule has 1 amide bonds. The lowest BCUT2D eigenvalue weighted by Gasteiger charge is -2.33. The smallest absolute Gasteiger partial charge is 0.255 e. The molecule has 19 heavy (non-hydrogen) atoms. The Balaban J connectivity index is 1.84. The van der Waals surface area contributed by atoms with Crippen LogP contribution in [0.5, 0.6) is 0 Å². The number of hydrogen-bond donors (Lipinski definition) is 0. The minimum absolute atomic E-state index is 0.117. The van der Waals surface area contributed by atoms with Crippen LogP contribution in [0.2, 0.25) is 5.15 Å². The van der Waals surface area contributed by atoms with Crippen LogP contribution in [0.4, 0.5) is 0 Å². The van der Waals surface area contributed by atoms with Gasteiger partial charge in [0.15, 0.2) is 0 Å². The lowest BCUT2D eigenvalue weighted by molar-refractivity contribution is 0.0633. The molecule has 1 aromatic heterocycles. The number of halogens is 1. The fourth-order valence-corrected chi connectivity index (χ4v) is 3.82. The molecule has 0 spiro atoms. The van der Waals surface area contributed by atoms with E-state index >= 15 is 0 Å². The first-order chi connectivity index (χ1) is 9.16. The highest BCUT2D eigenvalue weighted by Crippen LogP contribution is 2.40. The van der Waals surface area contributed by atoms with Gasteiger partial charge in [-0.3, -0.25) is 4.79 Å². The zero-order valence-electron chi connectivity index (χ0n) is 11.2. The van der Waals surface area contributed by atoms with E-state index in [1.54, 1.807) is 18.3 Å². The maximum Gasteiger partial charge on any atom is 0.255 e. The molecule has 3 rings (SSSR count).